The SMILES string of the molecule is CCOC(=O)c1noc2nc(C)n(CC(=O)NCCc3ccco3)c(=O)c12. The van der Waals surface area contributed by atoms with Crippen LogP contribution in [0.5, 0.6) is 0 Å². The molecule has 1 amide bonds. The molecule has 10 heteroatoms. The van der Waals surface area contributed by atoms with Crippen LogP contribution in [0.15, 0.2) is 32.1 Å². The summed E-state index contributed by atoms with van der Waals surface area (Å²) in [5.74, 6) is -0.147. The van der Waals surface area contributed by atoms with Crippen LogP contribution >= 0.6 is 0 Å². The Morgan fingerprint density at radius 3 is 2.89 bits per heavy atom. The van der Waals surface area contributed by atoms with Gasteiger partial charge in [-0.1, -0.05) is 5.16 Å². The average Bonchev–Trinajstić information content (AvgIpc) is 3.28. The second-order valence-electron chi connectivity index (χ2n) is 5.66. The van der Waals surface area contributed by atoms with E-state index in [1.165, 1.54) is 0 Å². The van der Waals surface area contributed by atoms with Crippen LogP contribution in [0.3, 0.4) is 0 Å². The largest absolute Gasteiger partial charge is 0.469 e. The zero-order valence-corrected chi connectivity index (χ0v) is 14.9. The molecule has 0 aromatic carbocycles. The van der Waals surface area contributed by atoms with Gasteiger partial charge in [0.25, 0.3) is 11.3 Å². The van der Waals surface area contributed by atoms with Crippen LogP contribution in [0.25, 0.3) is 11.1 Å². The Morgan fingerprint density at radius 1 is 1.37 bits per heavy atom. The predicted octanol–water partition coefficient (Wildman–Crippen LogP) is 0.822. The van der Waals surface area contributed by atoms with Crippen molar-refractivity contribution in [2.75, 3.05) is 13.2 Å². The summed E-state index contributed by atoms with van der Waals surface area (Å²) in [4.78, 5) is 41.0. The Kier molecular flexibility index (Phi) is 5.34. The fourth-order valence-corrected chi connectivity index (χ4v) is 2.54. The standard InChI is InChI=1S/C17H18N4O6/c1-3-25-17(24)14-13-15(27-20-14)19-10(2)21(16(13)23)9-12(22)18-7-6-11-5-4-8-26-11/h4-5,8H,3,6-7,9H2,1-2H3,(H,18,22). The van der Waals surface area contributed by atoms with Crippen LogP contribution in [0.1, 0.15) is 29.0 Å². The monoisotopic (exact) mass is 374 g/mol. The highest BCUT2D eigenvalue weighted by atomic mass is 16.5. The van der Waals surface area contributed by atoms with Crippen molar-refractivity contribution in [1.82, 2.24) is 20.0 Å². The lowest BCUT2D eigenvalue weighted by Gasteiger charge is -2.09. The molecule has 0 bridgehead atoms. The number of aryl methyl sites for hydroxylation is 1. The molecule has 3 aromatic heterocycles. The van der Waals surface area contributed by atoms with Gasteiger partial charge in [-0.3, -0.25) is 14.2 Å². The lowest BCUT2D eigenvalue weighted by molar-refractivity contribution is -0.121. The molecule has 3 rings (SSSR count). The quantitative estimate of drug-likeness (QED) is 0.602. The highest BCUT2D eigenvalue weighted by molar-refractivity contribution is 5.99. The minimum absolute atomic E-state index is 0.0740. The number of aromatic nitrogens is 3. The Hall–Kier alpha value is -3.43. The van der Waals surface area contributed by atoms with E-state index in [-0.39, 0.29) is 41.7 Å². The van der Waals surface area contributed by atoms with E-state index in [0.717, 1.165) is 10.3 Å². The van der Waals surface area contributed by atoms with Crippen molar-refractivity contribution >= 4 is 23.0 Å². The molecule has 0 unspecified atom stereocenters. The first-order valence-corrected chi connectivity index (χ1v) is 8.34. The number of carbonyl (C=O) groups excluding carboxylic acids is 2. The van der Waals surface area contributed by atoms with Gasteiger partial charge in [0.05, 0.1) is 12.9 Å². The number of carbonyl (C=O) groups is 2. The third kappa shape index (κ3) is 3.89. The van der Waals surface area contributed by atoms with E-state index in [1.807, 2.05) is 6.07 Å². The molecule has 142 valence electrons. The minimum atomic E-state index is -0.784. The summed E-state index contributed by atoms with van der Waals surface area (Å²) in [5, 5.41) is 6.18. The zero-order chi connectivity index (χ0) is 19.4. The molecule has 10 nitrogen and oxygen atoms in total. The Labute approximate surface area is 153 Å². The molecule has 0 fully saturated rings. The summed E-state index contributed by atoms with van der Waals surface area (Å²) >= 11 is 0. The molecular weight excluding hydrogens is 356 g/mol. The van der Waals surface area contributed by atoms with Crippen molar-refractivity contribution in [3.8, 4) is 0 Å². The van der Waals surface area contributed by atoms with Gasteiger partial charge in [-0.2, -0.15) is 4.98 Å². The van der Waals surface area contributed by atoms with Gasteiger partial charge in [0.1, 0.15) is 23.5 Å². The topological polar surface area (TPSA) is 129 Å². The van der Waals surface area contributed by atoms with Crippen molar-refractivity contribution in [2.45, 2.75) is 26.8 Å². The van der Waals surface area contributed by atoms with Gasteiger partial charge >= 0.3 is 5.97 Å². The van der Waals surface area contributed by atoms with E-state index in [0.29, 0.717) is 13.0 Å². The van der Waals surface area contributed by atoms with Crippen LogP contribution in [-0.4, -0.2) is 39.7 Å². The molecule has 3 aromatic rings. The van der Waals surface area contributed by atoms with E-state index in [1.54, 1.807) is 26.2 Å². The fraction of sp³-hybridized carbons (Fsp3) is 0.353. The van der Waals surface area contributed by atoms with Crippen LogP contribution in [0, 0.1) is 6.92 Å². The summed E-state index contributed by atoms with van der Waals surface area (Å²) in [5.41, 5.74) is -0.922. The van der Waals surface area contributed by atoms with Crippen molar-refractivity contribution in [3.05, 3.63) is 46.0 Å². The molecule has 3 heterocycles. The van der Waals surface area contributed by atoms with Crippen molar-refractivity contribution < 1.29 is 23.3 Å². The number of nitrogens with one attached hydrogen (secondary N) is 1. The van der Waals surface area contributed by atoms with Gasteiger partial charge in [-0.15, -0.1) is 0 Å². The number of ether oxygens (including phenoxy) is 1. The zero-order valence-electron chi connectivity index (χ0n) is 14.9. The second-order valence-corrected chi connectivity index (χ2v) is 5.66. The third-order valence-electron chi connectivity index (χ3n) is 3.83. The van der Waals surface area contributed by atoms with Crippen molar-refractivity contribution in [3.63, 3.8) is 0 Å². The Balaban J connectivity index is 1.79. The first kappa shape index (κ1) is 18.4. The number of fused-ring (bicyclic) bond motifs is 1. The van der Waals surface area contributed by atoms with Gasteiger partial charge in [0.2, 0.25) is 11.6 Å². The Morgan fingerprint density at radius 2 is 2.19 bits per heavy atom. The molecular formula is C17H18N4O6. The maximum absolute atomic E-state index is 12.8. The summed E-state index contributed by atoms with van der Waals surface area (Å²) in [6.07, 6.45) is 2.09. The lowest BCUT2D eigenvalue weighted by Crippen LogP contribution is -2.35. The first-order chi connectivity index (χ1) is 13.0. The van der Waals surface area contributed by atoms with Gasteiger partial charge in [-0.25, -0.2) is 4.79 Å². The van der Waals surface area contributed by atoms with Gasteiger partial charge < -0.3 is 19.0 Å². The molecule has 0 aliphatic heterocycles. The van der Waals surface area contributed by atoms with Gasteiger partial charge in [0, 0.05) is 13.0 Å². The lowest BCUT2D eigenvalue weighted by atomic mass is 10.3. The third-order valence-corrected chi connectivity index (χ3v) is 3.83. The molecule has 0 aliphatic carbocycles. The summed E-state index contributed by atoms with van der Waals surface area (Å²) in [6, 6.07) is 3.57. The maximum atomic E-state index is 12.8. The van der Waals surface area contributed by atoms with Crippen molar-refractivity contribution in [2.24, 2.45) is 0 Å². The fourth-order valence-electron chi connectivity index (χ4n) is 2.54. The molecule has 0 saturated heterocycles. The maximum Gasteiger partial charge on any atom is 0.361 e. The van der Waals surface area contributed by atoms with Crippen LogP contribution in [0.2, 0.25) is 0 Å². The highest BCUT2D eigenvalue weighted by Crippen LogP contribution is 2.14. The predicted molar refractivity (Wildman–Crippen MR) is 92.2 cm³/mol. The average molecular weight is 374 g/mol. The van der Waals surface area contributed by atoms with E-state index >= 15 is 0 Å². The Bertz CT molecular complexity index is 1020. The molecule has 0 spiro atoms. The van der Waals surface area contributed by atoms with Crippen LogP contribution in [-0.2, 0) is 22.5 Å². The van der Waals surface area contributed by atoms with Crippen LogP contribution < -0.4 is 10.9 Å². The van der Waals surface area contributed by atoms with Crippen LogP contribution in [0.4, 0.5) is 0 Å². The molecule has 0 saturated carbocycles. The summed E-state index contributed by atoms with van der Waals surface area (Å²) in [6.45, 7) is 3.42. The number of esters is 1. The highest BCUT2D eigenvalue weighted by Gasteiger charge is 2.24. The van der Waals surface area contributed by atoms with E-state index in [4.69, 9.17) is 13.7 Å². The summed E-state index contributed by atoms with van der Waals surface area (Å²) < 4.78 is 16.2. The number of amides is 1. The number of hydrogen-bond donors (Lipinski definition) is 1. The smallest absolute Gasteiger partial charge is 0.361 e. The summed E-state index contributed by atoms with van der Waals surface area (Å²) in [7, 11) is 0. The molecule has 0 aliphatic rings. The van der Waals surface area contributed by atoms with Crippen molar-refractivity contribution in [1.29, 1.82) is 0 Å². The number of hydrogen-bond acceptors (Lipinski definition) is 8. The molecule has 1 N–H and O–H groups in total. The van der Waals surface area contributed by atoms with Gasteiger partial charge in [0.15, 0.2) is 0 Å². The number of nitrogens with zero attached hydrogens (tertiary/aromatic N) is 3. The molecule has 27 heavy (non-hydrogen) atoms. The second kappa shape index (κ2) is 7.85. The number of furan rings is 1. The minimum Gasteiger partial charge on any atom is -0.469 e. The molecule has 0 radical (unpaired) electrons. The molecule has 0 atom stereocenters. The number of rotatable bonds is 7. The van der Waals surface area contributed by atoms with E-state index in [9.17, 15) is 14.4 Å². The normalized spacial score (nSPS) is 10.9. The van der Waals surface area contributed by atoms with E-state index < -0.39 is 11.5 Å². The van der Waals surface area contributed by atoms with Gasteiger partial charge in [-0.05, 0) is 26.0 Å². The van der Waals surface area contributed by atoms with E-state index in [2.05, 4.69) is 15.5 Å². The first-order valence-electron chi connectivity index (χ1n) is 8.34.